The molecule has 0 aromatic heterocycles. The van der Waals surface area contributed by atoms with Gasteiger partial charge in [-0.2, -0.15) is 0 Å². The molecule has 0 saturated heterocycles. The molecule has 4 N–H and O–H groups in total. The minimum atomic E-state index is -0.854. The van der Waals surface area contributed by atoms with Gasteiger partial charge in [0.2, 0.25) is 0 Å². The maximum absolute atomic E-state index is 11.9. The number of halogens is 1. The first-order valence-corrected chi connectivity index (χ1v) is 8.14. The Morgan fingerprint density at radius 3 is 2.31 bits per heavy atom. The van der Waals surface area contributed by atoms with Crippen molar-refractivity contribution in [1.82, 2.24) is 0 Å². The summed E-state index contributed by atoms with van der Waals surface area (Å²) in [5.74, 6) is -0.292. The molecule has 7 heteroatoms. The van der Waals surface area contributed by atoms with Crippen LogP contribution in [0.4, 0.5) is 0 Å². The first-order valence-electron chi connectivity index (χ1n) is 8.14. The average Bonchev–Trinajstić information content (AvgIpc) is 2.62. The smallest absolute Gasteiger partial charge is 0.323 e. The van der Waals surface area contributed by atoms with Gasteiger partial charge in [-0.1, -0.05) is 25.1 Å². The van der Waals surface area contributed by atoms with E-state index in [0.29, 0.717) is 5.56 Å². The second-order valence-corrected chi connectivity index (χ2v) is 5.65. The molecule has 26 heavy (non-hydrogen) atoms. The van der Waals surface area contributed by atoms with Crippen molar-refractivity contribution in [2.24, 2.45) is 5.73 Å². The fourth-order valence-corrected chi connectivity index (χ4v) is 2.26. The summed E-state index contributed by atoms with van der Waals surface area (Å²) in [7, 11) is 0. The number of rotatable bonds is 8. The first kappa shape index (κ1) is 21.6. The zero-order chi connectivity index (χ0) is 18.2. The molecule has 142 valence electrons. The van der Waals surface area contributed by atoms with E-state index in [1.165, 1.54) is 17.7 Å². The number of hydrogen-bond acceptors (Lipinski definition) is 6. The lowest BCUT2D eigenvalue weighted by atomic mass is 10.1. The summed E-state index contributed by atoms with van der Waals surface area (Å²) in [6.07, 6.45) is 1.17. The third-order valence-corrected chi connectivity index (χ3v) is 3.73. The van der Waals surface area contributed by atoms with Crippen molar-refractivity contribution in [2.45, 2.75) is 25.8 Å². The van der Waals surface area contributed by atoms with Crippen LogP contribution in [-0.2, 0) is 22.4 Å². The molecule has 0 aliphatic carbocycles. The third-order valence-electron chi connectivity index (χ3n) is 3.73. The summed E-state index contributed by atoms with van der Waals surface area (Å²) in [4.78, 5) is 11.9. The molecule has 0 radical (unpaired) electrons. The van der Waals surface area contributed by atoms with Crippen molar-refractivity contribution in [1.29, 1.82) is 0 Å². The van der Waals surface area contributed by atoms with Gasteiger partial charge in [0.05, 0.1) is 0 Å². The van der Waals surface area contributed by atoms with E-state index in [0.717, 1.165) is 12.2 Å². The number of esters is 1. The van der Waals surface area contributed by atoms with Crippen LogP contribution in [0.3, 0.4) is 0 Å². The predicted molar refractivity (Wildman–Crippen MR) is 101 cm³/mol. The van der Waals surface area contributed by atoms with Crippen LogP contribution in [0.25, 0.3) is 0 Å². The average molecular weight is 382 g/mol. The van der Waals surface area contributed by atoms with E-state index in [1.54, 1.807) is 6.07 Å². The maximum Gasteiger partial charge on any atom is 0.323 e. The number of aryl methyl sites for hydroxylation is 1. The molecule has 2 aromatic carbocycles. The van der Waals surface area contributed by atoms with Crippen LogP contribution in [0.2, 0.25) is 0 Å². The summed E-state index contributed by atoms with van der Waals surface area (Å²) < 4.78 is 10.6. The summed E-state index contributed by atoms with van der Waals surface area (Å²) >= 11 is 0. The minimum Gasteiger partial charge on any atom is -0.504 e. The van der Waals surface area contributed by atoms with Crippen molar-refractivity contribution in [3.05, 3.63) is 53.6 Å². The van der Waals surface area contributed by atoms with Gasteiger partial charge in [-0.3, -0.25) is 4.79 Å². The number of aromatic hydroxyl groups is 2. The number of benzene rings is 2. The minimum absolute atomic E-state index is 0. The molecule has 0 fully saturated rings. The number of carbonyl (C=O) groups is 1. The van der Waals surface area contributed by atoms with Crippen LogP contribution in [0.5, 0.6) is 17.2 Å². The topological polar surface area (TPSA) is 102 Å². The highest BCUT2D eigenvalue weighted by molar-refractivity contribution is 5.85. The van der Waals surface area contributed by atoms with Gasteiger partial charge in [0.25, 0.3) is 0 Å². The lowest BCUT2D eigenvalue weighted by Crippen LogP contribution is -2.35. The summed E-state index contributed by atoms with van der Waals surface area (Å²) in [5.41, 5.74) is 7.66. The summed E-state index contributed by atoms with van der Waals surface area (Å²) in [6.45, 7) is 2.42. The second kappa shape index (κ2) is 10.5. The van der Waals surface area contributed by atoms with Crippen molar-refractivity contribution in [3.63, 3.8) is 0 Å². The molecule has 0 amide bonds. The molecule has 2 rings (SSSR count). The number of nitrogens with two attached hydrogens (primary N) is 1. The fourth-order valence-electron chi connectivity index (χ4n) is 2.26. The highest BCUT2D eigenvalue weighted by atomic mass is 35.5. The molecule has 1 atom stereocenters. The molecule has 0 saturated carbocycles. The van der Waals surface area contributed by atoms with Gasteiger partial charge < -0.3 is 25.4 Å². The van der Waals surface area contributed by atoms with Gasteiger partial charge in [0, 0.05) is 0 Å². The second-order valence-electron chi connectivity index (χ2n) is 5.65. The van der Waals surface area contributed by atoms with E-state index in [-0.39, 0.29) is 43.5 Å². The predicted octanol–water partition coefficient (Wildman–Crippen LogP) is 2.57. The Morgan fingerprint density at radius 2 is 1.69 bits per heavy atom. The molecule has 2 aromatic rings. The normalized spacial score (nSPS) is 11.3. The molecule has 6 nitrogen and oxygen atoms in total. The van der Waals surface area contributed by atoms with Gasteiger partial charge in [-0.25, -0.2) is 0 Å². The molecule has 0 heterocycles. The van der Waals surface area contributed by atoms with Crippen LogP contribution in [0, 0.1) is 0 Å². The van der Waals surface area contributed by atoms with Crippen molar-refractivity contribution < 1.29 is 24.5 Å². The van der Waals surface area contributed by atoms with Gasteiger partial charge in [-0.15, -0.1) is 12.4 Å². The lowest BCUT2D eigenvalue weighted by molar-refractivity contribution is -0.145. The molecular weight excluding hydrogens is 358 g/mol. The van der Waals surface area contributed by atoms with Crippen LogP contribution < -0.4 is 10.5 Å². The van der Waals surface area contributed by atoms with Gasteiger partial charge in [-0.05, 0) is 48.2 Å². The molecule has 0 spiro atoms. The largest absolute Gasteiger partial charge is 0.504 e. The van der Waals surface area contributed by atoms with E-state index in [1.807, 2.05) is 24.3 Å². The number of carbonyl (C=O) groups excluding carboxylic acids is 1. The Kier molecular flexibility index (Phi) is 8.75. The highest BCUT2D eigenvalue weighted by Crippen LogP contribution is 2.25. The quantitative estimate of drug-likeness (QED) is 0.369. The Labute approximate surface area is 159 Å². The van der Waals surface area contributed by atoms with E-state index in [9.17, 15) is 15.0 Å². The molecule has 0 unspecified atom stereocenters. The van der Waals surface area contributed by atoms with E-state index >= 15 is 0 Å². The summed E-state index contributed by atoms with van der Waals surface area (Å²) in [5, 5.41) is 18.7. The van der Waals surface area contributed by atoms with Crippen LogP contribution in [0.1, 0.15) is 18.1 Å². The lowest BCUT2D eigenvalue weighted by Gasteiger charge is -2.12. The molecule has 0 bridgehead atoms. The zero-order valence-electron chi connectivity index (χ0n) is 14.6. The number of hydrogen-bond donors (Lipinski definition) is 3. The van der Waals surface area contributed by atoms with Crippen LogP contribution in [-0.4, -0.2) is 35.4 Å². The van der Waals surface area contributed by atoms with Crippen molar-refractivity contribution in [3.8, 4) is 17.2 Å². The zero-order valence-corrected chi connectivity index (χ0v) is 15.4. The fraction of sp³-hybridized carbons (Fsp3) is 0.316. The Balaban J connectivity index is 0.00000338. The highest BCUT2D eigenvalue weighted by Gasteiger charge is 2.16. The van der Waals surface area contributed by atoms with Crippen molar-refractivity contribution in [2.75, 3.05) is 13.2 Å². The number of phenols is 2. The Hall–Kier alpha value is -2.44. The van der Waals surface area contributed by atoms with Gasteiger partial charge >= 0.3 is 5.97 Å². The number of phenolic OH excluding ortho intramolecular Hbond substituents is 2. The Morgan fingerprint density at radius 1 is 1.04 bits per heavy atom. The van der Waals surface area contributed by atoms with Gasteiger partial charge in [0.1, 0.15) is 25.0 Å². The van der Waals surface area contributed by atoms with Gasteiger partial charge in [0.15, 0.2) is 11.5 Å². The molecular formula is C19H24ClNO5. The third kappa shape index (κ3) is 6.46. The number of ether oxygens (including phenoxy) is 2. The summed E-state index contributed by atoms with van der Waals surface area (Å²) in [6, 6.07) is 11.2. The van der Waals surface area contributed by atoms with E-state index < -0.39 is 12.0 Å². The first-order chi connectivity index (χ1) is 12.0. The van der Waals surface area contributed by atoms with Crippen LogP contribution in [0.15, 0.2) is 42.5 Å². The maximum atomic E-state index is 11.9. The SMILES string of the molecule is CCc1ccc(OCCOC(=O)[C@@H](N)Cc2ccc(O)c(O)c2)cc1.Cl. The monoisotopic (exact) mass is 381 g/mol. The molecule has 0 aliphatic heterocycles. The Bertz CT molecular complexity index is 706. The van der Waals surface area contributed by atoms with E-state index in [4.69, 9.17) is 15.2 Å². The molecule has 0 aliphatic rings. The van der Waals surface area contributed by atoms with Crippen LogP contribution >= 0.6 is 12.4 Å². The van der Waals surface area contributed by atoms with Crippen molar-refractivity contribution >= 4 is 18.4 Å². The van der Waals surface area contributed by atoms with E-state index in [2.05, 4.69) is 6.92 Å². The standard InChI is InChI=1S/C19H23NO5.ClH/c1-2-13-3-6-15(7-4-13)24-9-10-25-19(23)16(20)11-14-5-8-17(21)18(22)12-14;/h3-8,12,16,21-22H,2,9-11,20H2,1H3;1H/t16-;/m0./s1.